The minimum Gasteiger partial charge on any atom is -0.340 e. The molecular weight excluding hydrogens is 354 g/mol. The summed E-state index contributed by atoms with van der Waals surface area (Å²) >= 11 is 2.87. The zero-order chi connectivity index (χ0) is 17.4. The van der Waals surface area contributed by atoms with E-state index in [1.165, 1.54) is 4.70 Å². The molecule has 0 saturated carbocycles. The topological polar surface area (TPSA) is 55.2 Å². The Labute approximate surface area is 153 Å². The number of benzene rings is 1. The number of amides is 1. The zero-order valence-corrected chi connectivity index (χ0v) is 15.6. The summed E-state index contributed by atoms with van der Waals surface area (Å²) in [6, 6.07) is 8.16. The maximum Gasteiger partial charge on any atom is 0.307 e. The highest BCUT2D eigenvalue weighted by Crippen LogP contribution is 2.33. The van der Waals surface area contributed by atoms with Crippen molar-refractivity contribution in [1.29, 1.82) is 0 Å². The molecule has 0 N–H and O–H groups in total. The van der Waals surface area contributed by atoms with E-state index < -0.39 is 0 Å². The lowest BCUT2D eigenvalue weighted by Crippen LogP contribution is -2.41. The van der Waals surface area contributed by atoms with Crippen molar-refractivity contribution in [3.63, 3.8) is 0 Å². The van der Waals surface area contributed by atoms with Crippen LogP contribution in [0.15, 0.2) is 34.4 Å². The molecule has 1 fully saturated rings. The van der Waals surface area contributed by atoms with Crippen molar-refractivity contribution >= 4 is 38.8 Å². The van der Waals surface area contributed by atoms with Gasteiger partial charge in [0.25, 0.3) is 0 Å². The van der Waals surface area contributed by atoms with Gasteiger partial charge in [-0.25, -0.2) is 4.98 Å². The van der Waals surface area contributed by atoms with Gasteiger partial charge in [0.05, 0.1) is 15.2 Å². The average molecular weight is 374 g/mol. The second kappa shape index (κ2) is 6.72. The van der Waals surface area contributed by atoms with E-state index in [9.17, 15) is 9.59 Å². The predicted molar refractivity (Wildman–Crippen MR) is 101 cm³/mol. The van der Waals surface area contributed by atoms with Crippen molar-refractivity contribution in [3.05, 3.63) is 50.0 Å². The molecule has 1 saturated heterocycles. The standard InChI is InChI=1S/C18H19N3O2S2/c1-12-11-24-18(23)21(12)10-16(22)20-8-4-5-13(9-20)17-19-14-6-2-3-7-15(14)25-17/h2-3,6-7,11,13H,4-5,8-10H2,1H3/t13-/m1/s1. The van der Waals surface area contributed by atoms with Gasteiger partial charge in [0.15, 0.2) is 0 Å². The van der Waals surface area contributed by atoms with Gasteiger partial charge < -0.3 is 4.90 Å². The van der Waals surface area contributed by atoms with Crippen LogP contribution in [0.1, 0.15) is 29.5 Å². The Morgan fingerprint density at radius 2 is 2.20 bits per heavy atom. The maximum absolute atomic E-state index is 12.7. The SMILES string of the molecule is Cc1csc(=O)n1CC(=O)N1CCC[C@@H](c2nc3ccccc3s2)C1. The number of carbonyl (C=O) groups excluding carboxylic acids is 1. The maximum atomic E-state index is 12.7. The number of aromatic nitrogens is 2. The van der Waals surface area contributed by atoms with E-state index >= 15 is 0 Å². The Bertz CT molecular complexity index is 939. The molecule has 2 aromatic heterocycles. The van der Waals surface area contributed by atoms with Crippen molar-refractivity contribution in [2.45, 2.75) is 32.2 Å². The molecule has 4 rings (SSSR count). The first-order chi connectivity index (χ1) is 12.1. The third-order valence-corrected chi connectivity index (χ3v) is 6.78. The summed E-state index contributed by atoms with van der Waals surface area (Å²) in [6.07, 6.45) is 2.03. The van der Waals surface area contributed by atoms with Gasteiger partial charge >= 0.3 is 4.87 Å². The minimum absolute atomic E-state index is 0.0226. The first-order valence-electron chi connectivity index (χ1n) is 8.40. The van der Waals surface area contributed by atoms with E-state index in [-0.39, 0.29) is 23.2 Å². The molecule has 3 aromatic rings. The number of hydrogen-bond donors (Lipinski definition) is 0. The van der Waals surface area contributed by atoms with Crippen LogP contribution in [0.3, 0.4) is 0 Å². The van der Waals surface area contributed by atoms with Crippen molar-refractivity contribution in [3.8, 4) is 0 Å². The molecule has 0 radical (unpaired) electrons. The van der Waals surface area contributed by atoms with Crippen LogP contribution in [0.5, 0.6) is 0 Å². The Hall–Kier alpha value is -1.99. The Morgan fingerprint density at radius 3 is 2.96 bits per heavy atom. The third-order valence-electron chi connectivity index (χ3n) is 4.70. The summed E-state index contributed by atoms with van der Waals surface area (Å²) in [7, 11) is 0. The fourth-order valence-electron chi connectivity index (χ4n) is 3.30. The molecule has 1 amide bonds. The summed E-state index contributed by atoms with van der Waals surface area (Å²) in [4.78, 5) is 31.1. The van der Waals surface area contributed by atoms with E-state index in [0.717, 1.165) is 46.9 Å². The smallest absolute Gasteiger partial charge is 0.307 e. The summed E-state index contributed by atoms with van der Waals surface area (Å²) in [6.45, 7) is 3.46. The first kappa shape index (κ1) is 16.5. The highest BCUT2D eigenvalue weighted by molar-refractivity contribution is 7.18. The van der Waals surface area contributed by atoms with E-state index in [4.69, 9.17) is 4.98 Å². The normalized spacial score (nSPS) is 18.0. The number of thiazole rings is 2. The van der Waals surface area contributed by atoms with Crippen LogP contribution in [0.4, 0.5) is 0 Å². The molecule has 5 nitrogen and oxygen atoms in total. The summed E-state index contributed by atoms with van der Waals surface area (Å²) < 4.78 is 2.76. The van der Waals surface area contributed by atoms with Gasteiger partial charge in [0.1, 0.15) is 6.54 Å². The molecule has 3 heterocycles. The number of piperidine rings is 1. The van der Waals surface area contributed by atoms with E-state index in [0.29, 0.717) is 6.54 Å². The lowest BCUT2D eigenvalue weighted by Gasteiger charge is -2.32. The monoisotopic (exact) mass is 373 g/mol. The van der Waals surface area contributed by atoms with Crippen LogP contribution in [-0.4, -0.2) is 33.4 Å². The van der Waals surface area contributed by atoms with E-state index in [1.807, 2.05) is 30.0 Å². The minimum atomic E-state index is -0.0643. The zero-order valence-electron chi connectivity index (χ0n) is 14.0. The summed E-state index contributed by atoms with van der Waals surface area (Å²) in [5.41, 5.74) is 1.88. The van der Waals surface area contributed by atoms with Crippen LogP contribution in [-0.2, 0) is 11.3 Å². The molecule has 0 bridgehead atoms. The molecule has 1 aliphatic heterocycles. The highest BCUT2D eigenvalue weighted by Gasteiger charge is 2.27. The van der Waals surface area contributed by atoms with Crippen molar-refractivity contribution < 1.29 is 4.79 Å². The summed E-state index contributed by atoms with van der Waals surface area (Å²) in [5.74, 6) is 0.310. The number of rotatable bonds is 3. The van der Waals surface area contributed by atoms with Crippen LogP contribution in [0.25, 0.3) is 10.2 Å². The molecule has 0 spiro atoms. The van der Waals surface area contributed by atoms with Crippen LogP contribution >= 0.6 is 22.7 Å². The van der Waals surface area contributed by atoms with Gasteiger partial charge in [-0.3, -0.25) is 14.2 Å². The van der Waals surface area contributed by atoms with Crippen molar-refractivity contribution in [2.24, 2.45) is 0 Å². The van der Waals surface area contributed by atoms with Gasteiger partial charge in [-0.1, -0.05) is 23.5 Å². The van der Waals surface area contributed by atoms with E-state index in [2.05, 4.69) is 6.07 Å². The molecule has 1 atom stereocenters. The third kappa shape index (κ3) is 3.26. The van der Waals surface area contributed by atoms with Gasteiger partial charge in [0.2, 0.25) is 5.91 Å². The molecule has 1 aromatic carbocycles. The Kier molecular flexibility index (Phi) is 4.43. The molecule has 130 valence electrons. The Balaban J connectivity index is 1.50. The fraction of sp³-hybridized carbons (Fsp3) is 0.389. The Morgan fingerprint density at radius 1 is 1.36 bits per heavy atom. The second-order valence-electron chi connectivity index (χ2n) is 6.43. The fourth-order valence-corrected chi connectivity index (χ4v) is 5.13. The lowest BCUT2D eigenvalue weighted by atomic mass is 9.98. The molecule has 0 aliphatic carbocycles. The molecule has 1 aliphatic rings. The summed E-state index contributed by atoms with van der Waals surface area (Å²) in [5, 5.41) is 2.91. The predicted octanol–water partition coefficient (Wildman–Crippen LogP) is 3.23. The van der Waals surface area contributed by atoms with E-state index in [1.54, 1.807) is 21.3 Å². The molecular formula is C18H19N3O2S2. The largest absolute Gasteiger partial charge is 0.340 e. The van der Waals surface area contributed by atoms with Crippen molar-refractivity contribution in [2.75, 3.05) is 13.1 Å². The molecule has 0 unspecified atom stereocenters. The number of fused-ring (bicyclic) bond motifs is 1. The first-order valence-corrected chi connectivity index (χ1v) is 10.1. The van der Waals surface area contributed by atoms with Gasteiger partial charge in [0, 0.05) is 30.1 Å². The quantitative estimate of drug-likeness (QED) is 0.708. The number of carbonyl (C=O) groups is 1. The van der Waals surface area contributed by atoms with Crippen LogP contribution in [0.2, 0.25) is 0 Å². The number of aryl methyl sites for hydroxylation is 1. The average Bonchev–Trinajstić information content (AvgIpc) is 3.20. The highest BCUT2D eigenvalue weighted by atomic mass is 32.1. The number of nitrogens with zero attached hydrogens (tertiary/aromatic N) is 3. The van der Waals surface area contributed by atoms with Crippen molar-refractivity contribution in [1.82, 2.24) is 14.5 Å². The second-order valence-corrected chi connectivity index (χ2v) is 8.31. The van der Waals surface area contributed by atoms with Crippen LogP contribution in [0, 0.1) is 6.92 Å². The van der Waals surface area contributed by atoms with Crippen LogP contribution < -0.4 is 4.87 Å². The molecule has 25 heavy (non-hydrogen) atoms. The number of likely N-dealkylation sites (tertiary alicyclic amines) is 1. The van der Waals surface area contributed by atoms with Gasteiger partial charge in [-0.15, -0.1) is 11.3 Å². The molecule has 7 heteroatoms. The number of para-hydroxylation sites is 1. The number of hydrogen-bond acceptors (Lipinski definition) is 5. The van der Waals surface area contributed by atoms with Gasteiger partial charge in [-0.2, -0.15) is 0 Å². The van der Waals surface area contributed by atoms with Gasteiger partial charge in [-0.05, 0) is 31.9 Å². The lowest BCUT2D eigenvalue weighted by molar-refractivity contribution is -0.133.